The SMILES string of the molecule is CC(=O)OC1CC(=O)C=C2[C@@H](C)C[C@H]3[C@@H]4CC[C@H](C(C)=O)[C@@]4(C)CC[C@@H]3[C@]21C. The first-order valence-electron chi connectivity index (χ1n) is 11.0. The van der Waals surface area contributed by atoms with E-state index in [1.54, 1.807) is 6.92 Å². The molecule has 154 valence electrons. The predicted molar refractivity (Wildman–Crippen MR) is 106 cm³/mol. The van der Waals surface area contributed by atoms with Gasteiger partial charge in [-0.15, -0.1) is 0 Å². The molecular formula is C24H34O4. The molecule has 4 rings (SSSR count). The van der Waals surface area contributed by atoms with E-state index in [0.29, 0.717) is 35.9 Å². The highest BCUT2D eigenvalue weighted by Crippen LogP contribution is 2.67. The maximum absolute atomic E-state index is 12.4. The van der Waals surface area contributed by atoms with Crippen LogP contribution in [0.4, 0.5) is 0 Å². The summed E-state index contributed by atoms with van der Waals surface area (Å²) in [5.41, 5.74) is 1.03. The zero-order valence-corrected chi connectivity index (χ0v) is 17.9. The topological polar surface area (TPSA) is 60.4 Å². The average Bonchev–Trinajstić information content (AvgIpc) is 2.94. The lowest BCUT2D eigenvalue weighted by Crippen LogP contribution is -2.57. The number of Topliss-reactive ketones (excluding diaryl/α,β-unsaturated/α-hetero) is 1. The number of ketones is 2. The minimum absolute atomic E-state index is 0.0854. The van der Waals surface area contributed by atoms with Gasteiger partial charge in [0.05, 0.1) is 0 Å². The largest absolute Gasteiger partial charge is 0.461 e. The molecule has 1 unspecified atom stereocenters. The van der Waals surface area contributed by atoms with Crippen LogP contribution < -0.4 is 0 Å². The Balaban J connectivity index is 1.75. The summed E-state index contributed by atoms with van der Waals surface area (Å²) in [6.07, 6.45) is 7.13. The summed E-state index contributed by atoms with van der Waals surface area (Å²) in [5, 5.41) is 0. The van der Waals surface area contributed by atoms with E-state index in [1.807, 2.05) is 6.08 Å². The first kappa shape index (κ1) is 19.8. The van der Waals surface area contributed by atoms with Crippen LogP contribution in [0.15, 0.2) is 11.6 Å². The number of fused-ring (bicyclic) bond motifs is 5. The van der Waals surface area contributed by atoms with E-state index < -0.39 is 0 Å². The third-order valence-electron chi connectivity index (χ3n) is 9.16. The second kappa shape index (κ2) is 6.53. The molecule has 0 aromatic heterocycles. The van der Waals surface area contributed by atoms with Gasteiger partial charge in [-0.2, -0.15) is 0 Å². The van der Waals surface area contributed by atoms with Crippen LogP contribution in [0, 0.1) is 40.4 Å². The van der Waals surface area contributed by atoms with Crippen molar-refractivity contribution in [2.45, 2.75) is 79.2 Å². The highest BCUT2D eigenvalue weighted by atomic mass is 16.5. The number of rotatable bonds is 2. The summed E-state index contributed by atoms with van der Waals surface area (Å²) in [4.78, 5) is 36.6. The fourth-order valence-electron chi connectivity index (χ4n) is 8.02. The fraction of sp³-hybridized carbons (Fsp3) is 0.792. The number of hydrogen-bond acceptors (Lipinski definition) is 4. The van der Waals surface area contributed by atoms with Crippen LogP contribution in [0.2, 0.25) is 0 Å². The maximum atomic E-state index is 12.4. The van der Waals surface area contributed by atoms with Gasteiger partial charge in [-0.1, -0.05) is 26.3 Å². The van der Waals surface area contributed by atoms with Gasteiger partial charge in [-0.05, 0) is 74.2 Å². The molecule has 0 aliphatic heterocycles. The van der Waals surface area contributed by atoms with Gasteiger partial charge in [0.15, 0.2) is 5.78 Å². The van der Waals surface area contributed by atoms with Gasteiger partial charge in [-0.25, -0.2) is 0 Å². The van der Waals surface area contributed by atoms with E-state index in [0.717, 1.165) is 32.1 Å². The standard InChI is InChI=1S/C24H34O4/c1-13-10-17-19-7-6-18(14(2)25)23(19,4)9-8-20(17)24(5)21(13)11-16(27)12-22(24)28-15(3)26/h11,13,17-20,22H,6-10,12H2,1-5H3/t13-,17-,18+,19-,20-,22?,23+,24+/m0/s1. The Hall–Kier alpha value is -1.45. The zero-order chi connectivity index (χ0) is 20.4. The summed E-state index contributed by atoms with van der Waals surface area (Å²) in [5.74, 6) is 2.14. The molecule has 0 saturated heterocycles. The van der Waals surface area contributed by atoms with Gasteiger partial charge in [0.25, 0.3) is 0 Å². The molecule has 0 N–H and O–H groups in total. The molecule has 28 heavy (non-hydrogen) atoms. The summed E-state index contributed by atoms with van der Waals surface area (Å²) in [7, 11) is 0. The van der Waals surface area contributed by atoms with E-state index in [1.165, 1.54) is 12.5 Å². The molecule has 4 nitrogen and oxygen atoms in total. The lowest BCUT2D eigenvalue weighted by Gasteiger charge is -2.60. The quantitative estimate of drug-likeness (QED) is 0.655. The molecule has 4 aliphatic carbocycles. The van der Waals surface area contributed by atoms with Crippen LogP contribution in [0.1, 0.15) is 73.1 Å². The molecule has 3 fully saturated rings. The Bertz CT molecular complexity index is 752. The van der Waals surface area contributed by atoms with Crippen LogP contribution in [-0.4, -0.2) is 23.6 Å². The minimum Gasteiger partial charge on any atom is -0.461 e. The van der Waals surface area contributed by atoms with E-state index in [9.17, 15) is 14.4 Å². The lowest BCUT2D eigenvalue weighted by atomic mass is 9.44. The van der Waals surface area contributed by atoms with Crippen molar-refractivity contribution in [2.75, 3.05) is 0 Å². The molecule has 3 saturated carbocycles. The number of ether oxygens (including phenoxy) is 1. The summed E-state index contributed by atoms with van der Waals surface area (Å²) in [6, 6.07) is 0. The molecule has 0 heterocycles. The molecule has 0 aromatic rings. The second-order valence-corrected chi connectivity index (χ2v) is 10.4. The Kier molecular flexibility index (Phi) is 4.63. The highest BCUT2D eigenvalue weighted by Gasteiger charge is 2.63. The van der Waals surface area contributed by atoms with Crippen molar-refractivity contribution in [3.05, 3.63) is 11.6 Å². The summed E-state index contributed by atoms with van der Waals surface area (Å²) >= 11 is 0. The summed E-state index contributed by atoms with van der Waals surface area (Å²) < 4.78 is 5.77. The van der Waals surface area contributed by atoms with Crippen molar-refractivity contribution in [3.8, 4) is 0 Å². The molecule has 0 spiro atoms. The van der Waals surface area contributed by atoms with Gasteiger partial charge in [0, 0.05) is 24.7 Å². The van der Waals surface area contributed by atoms with Crippen molar-refractivity contribution in [1.82, 2.24) is 0 Å². The van der Waals surface area contributed by atoms with Crippen molar-refractivity contribution in [1.29, 1.82) is 0 Å². The van der Waals surface area contributed by atoms with Crippen LogP contribution in [0.3, 0.4) is 0 Å². The minimum atomic E-state index is -0.359. The molecule has 0 amide bonds. The molecule has 0 radical (unpaired) electrons. The zero-order valence-electron chi connectivity index (χ0n) is 17.9. The van der Waals surface area contributed by atoms with Crippen molar-refractivity contribution >= 4 is 17.5 Å². The van der Waals surface area contributed by atoms with Gasteiger partial charge >= 0.3 is 5.97 Å². The number of carbonyl (C=O) groups is 3. The normalized spacial score (nSPS) is 47.5. The number of hydrogen-bond donors (Lipinski definition) is 0. The molecule has 8 atom stereocenters. The Morgan fingerprint density at radius 2 is 1.82 bits per heavy atom. The third kappa shape index (κ3) is 2.66. The average molecular weight is 387 g/mol. The van der Waals surface area contributed by atoms with Gasteiger partial charge in [0.1, 0.15) is 11.9 Å². The molecule has 0 bridgehead atoms. The highest BCUT2D eigenvalue weighted by molar-refractivity contribution is 5.92. The van der Waals surface area contributed by atoms with E-state index in [4.69, 9.17) is 4.74 Å². The van der Waals surface area contributed by atoms with Crippen LogP contribution >= 0.6 is 0 Å². The van der Waals surface area contributed by atoms with Gasteiger partial charge in [-0.3, -0.25) is 14.4 Å². The Labute approximate surface area is 168 Å². The van der Waals surface area contributed by atoms with Crippen LogP contribution in [-0.2, 0) is 19.1 Å². The van der Waals surface area contributed by atoms with Gasteiger partial charge in [0.2, 0.25) is 0 Å². The first-order chi connectivity index (χ1) is 13.1. The molecule has 4 aliphatic rings. The predicted octanol–water partition coefficient (Wildman–Crippen LogP) is 4.51. The van der Waals surface area contributed by atoms with Crippen molar-refractivity contribution in [3.63, 3.8) is 0 Å². The molecular weight excluding hydrogens is 352 g/mol. The van der Waals surface area contributed by atoms with Crippen LogP contribution in [0.25, 0.3) is 0 Å². The smallest absolute Gasteiger partial charge is 0.302 e. The first-order valence-corrected chi connectivity index (χ1v) is 11.0. The van der Waals surface area contributed by atoms with Crippen molar-refractivity contribution in [2.24, 2.45) is 40.4 Å². The maximum Gasteiger partial charge on any atom is 0.302 e. The van der Waals surface area contributed by atoms with Gasteiger partial charge < -0.3 is 4.74 Å². The Morgan fingerprint density at radius 3 is 2.46 bits per heavy atom. The van der Waals surface area contributed by atoms with E-state index >= 15 is 0 Å². The molecule has 0 aromatic carbocycles. The van der Waals surface area contributed by atoms with E-state index in [-0.39, 0.29) is 34.6 Å². The fourth-order valence-corrected chi connectivity index (χ4v) is 8.02. The third-order valence-corrected chi connectivity index (χ3v) is 9.16. The van der Waals surface area contributed by atoms with E-state index in [2.05, 4.69) is 20.8 Å². The Morgan fingerprint density at radius 1 is 1.11 bits per heavy atom. The number of carbonyl (C=O) groups excluding carboxylic acids is 3. The summed E-state index contributed by atoms with van der Waals surface area (Å²) in [6.45, 7) is 10.0. The van der Waals surface area contributed by atoms with Crippen LogP contribution in [0.5, 0.6) is 0 Å². The molecule has 4 heteroatoms. The number of esters is 1. The lowest BCUT2D eigenvalue weighted by molar-refractivity contribution is -0.166. The monoisotopic (exact) mass is 386 g/mol. The second-order valence-electron chi connectivity index (χ2n) is 10.4. The van der Waals surface area contributed by atoms with Crippen molar-refractivity contribution < 1.29 is 19.1 Å².